The molecule has 1 unspecified atom stereocenters. The largest absolute Gasteiger partial charge is 0.379 e. The summed E-state index contributed by atoms with van der Waals surface area (Å²) in [6.45, 7) is 8.66. The van der Waals surface area contributed by atoms with Crippen LogP contribution in [0.25, 0.3) is 0 Å². The van der Waals surface area contributed by atoms with Crippen molar-refractivity contribution in [3.05, 3.63) is 6.07 Å². The molecular formula is C14H24N6O. The Morgan fingerprint density at radius 1 is 1.33 bits per heavy atom. The Balaban J connectivity index is 1.67. The molecule has 2 saturated heterocycles. The maximum atomic E-state index is 5.82. The third kappa shape index (κ3) is 3.36. The number of nitrogens with zero attached hydrogens (tertiary/aromatic N) is 4. The third-order valence-electron chi connectivity index (χ3n) is 4.14. The minimum absolute atomic E-state index is 0.332. The van der Waals surface area contributed by atoms with Gasteiger partial charge in [-0.25, -0.2) is 0 Å². The van der Waals surface area contributed by atoms with Gasteiger partial charge in [0.2, 0.25) is 5.95 Å². The van der Waals surface area contributed by atoms with Crippen molar-refractivity contribution < 1.29 is 4.74 Å². The molecule has 0 aromatic carbocycles. The van der Waals surface area contributed by atoms with Crippen molar-refractivity contribution in [3.63, 3.8) is 0 Å². The van der Waals surface area contributed by atoms with Gasteiger partial charge in [0, 0.05) is 44.8 Å². The molecule has 1 aromatic rings. The van der Waals surface area contributed by atoms with Gasteiger partial charge < -0.3 is 20.7 Å². The van der Waals surface area contributed by atoms with Crippen molar-refractivity contribution in [2.24, 2.45) is 0 Å². The van der Waals surface area contributed by atoms with E-state index in [1.165, 1.54) is 6.42 Å². The molecule has 0 amide bonds. The number of nitrogen functional groups attached to an aromatic ring is 1. The molecule has 0 spiro atoms. The zero-order valence-electron chi connectivity index (χ0n) is 12.6. The maximum absolute atomic E-state index is 5.82. The lowest BCUT2D eigenvalue weighted by molar-refractivity contribution is 0.0209. The van der Waals surface area contributed by atoms with Gasteiger partial charge in [0.25, 0.3) is 0 Å². The van der Waals surface area contributed by atoms with Crippen molar-refractivity contribution in [2.45, 2.75) is 19.4 Å². The highest BCUT2D eigenvalue weighted by atomic mass is 16.5. The summed E-state index contributed by atoms with van der Waals surface area (Å²) in [4.78, 5) is 13.4. The Hall–Kier alpha value is -1.60. The molecule has 2 fully saturated rings. The van der Waals surface area contributed by atoms with Crippen molar-refractivity contribution in [1.29, 1.82) is 0 Å². The van der Waals surface area contributed by atoms with Crippen LogP contribution >= 0.6 is 0 Å². The third-order valence-corrected chi connectivity index (χ3v) is 4.14. The second-order valence-electron chi connectivity index (χ2n) is 5.54. The molecule has 1 atom stereocenters. The summed E-state index contributed by atoms with van der Waals surface area (Å²) in [7, 11) is 0. The van der Waals surface area contributed by atoms with Crippen LogP contribution < -0.4 is 16.0 Å². The summed E-state index contributed by atoms with van der Waals surface area (Å²) in [5.74, 6) is 2.06. The predicted octanol–water partition coefficient (Wildman–Crippen LogP) is 0.402. The van der Waals surface area contributed by atoms with E-state index in [0.717, 1.165) is 57.6 Å². The van der Waals surface area contributed by atoms with Gasteiger partial charge in [-0.05, 0) is 13.3 Å². The smallest absolute Gasteiger partial charge is 0.223 e. The first-order chi connectivity index (χ1) is 10.3. The zero-order chi connectivity index (χ0) is 14.7. The first-order valence-corrected chi connectivity index (χ1v) is 7.71. The number of hydrogen-bond acceptors (Lipinski definition) is 7. The Morgan fingerprint density at radius 3 is 2.90 bits per heavy atom. The second-order valence-corrected chi connectivity index (χ2v) is 5.54. The highest BCUT2D eigenvalue weighted by Crippen LogP contribution is 2.24. The Bertz CT molecular complexity index is 477. The SMILES string of the molecule is CCNc1cc(N2CCC(N3CCOCC3)C2)nc(N)n1. The average molecular weight is 292 g/mol. The number of rotatable bonds is 4. The molecule has 1 aromatic heterocycles. The molecular weight excluding hydrogens is 268 g/mol. The van der Waals surface area contributed by atoms with Crippen LogP contribution in [-0.2, 0) is 4.74 Å². The molecule has 3 heterocycles. The normalized spacial score (nSPS) is 23.5. The summed E-state index contributed by atoms with van der Waals surface area (Å²) >= 11 is 0. The molecule has 0 saturated carbocycles. The fraction of sp³-hybridized carbons (Fsp3) is 0.714. The lowest BCUT2D eigenvalue weighted by Gasteiger charge is -2.32. The van der Waals surface area contributed by atoms with E-state index in [1.54, 1.807) is 0 Å². The van der Waals surface area contributed by atoms with E-state index in [-0.39, 0.29) is 0 Å². The van der Waals surface area contributed by atoms with Gasteiger partial charge in [-0.3, -0.25) is 4.90 Å². The Kier molecular flexibility index (Phi) is 4.40. The molecule has 0 radical (unpaired) electrons. The van der Waals surface area contributed by atoms with Crippen LogP contribution in [0.4, 0.5) is 17.6 Å². The molecule has 7 nitrogen and oxygen atoms in total. The lowest BCUT2D eigenvalue weighted by Crippen LogP contribution is -2.44. The number of ether oxygens (including phenoxy) is 1. The molecule has 116 valence electrons. The van der Waals surface area contributed by atoms with Crippen molar-refractivity contribution in [3.8, 4) is 0 Å². The topological polar surface area (TPSA) is 79.5 Å². The second kappa shape index (κ2) is 6.44. The number of aromatic nitrogens is 2. The molecule has 7 heteroatoms. The first kappa shape index (κ1) is 14.3. The molecule has 2 aliphatic heterocycles. The zero-order valence-corrected chi connectivity index (χ0v) is 12.6. The Morgan fingerprint density at radius 2 is 2.14 bits per heavy atom. The number of nitrogens with two attached hydrogens (primary N) is 1. The average Bonchev–Trinajstić information content (AvgIpc) is 2.98. The van der Waals surface area contributed by atoms with Gasteiger partial charge in [-0.1, -0.05) is 0 Å². The molecule has 21 heavy (non-hydrogen) atoms. The van der Waals surface area contributed by atoms with Gasteiger partial charge in [-0.15, -0.1) is 0 Å². The number of morpholine rings is 1. The summed E-state index contributed by atoms with van der Waals surface area (Å²) in [6, 6.07) is 2.58. The van der Waals surface area contributed by atoms with Crippen molar-refractivity contribution >= 4 is 17.6 Å². The summed E-state index contributed by atoms with van der Waals surface area (Å²) in [5.41, 5.74) is 5.82. The number of hydrogen-bond donors (Lipinski definition) is 2. The van der Waals surface area contributed by atoms with Gasteiger partial charge in [0.15, 0.2) is 0 Å². The Labute approximate surface area is 125 Å². The highest BCUT2D eigenvalue weighted by molar-refractivity contribution is 5.53. The van der Waals surface area contributed by atoms with Crippen LogP contribution in [0, 0.1) is 0 Å². The van der Waals surface area contributed by atoms with E-state index in [9.17, 15) is 0 Å². The van der Waals surface area contributed by atoms with E-state index in [0.29, 0.717) is 12.0 Å². The molecule has 3 N–H and O–H groups in total. The minimum Gasteiger partial charge on any atom is -0.379 e. The van der Waals surface area contributed by atoms with Crippen molar-refractivity contribution in [1.82, 2.24) is 14.9 Å². The van der Waals surface area contributed by atoms with Crippen LogP contribution in [0.1, 0.15) is 13.3 Å². The fourth-order valence-corrected chi connectivity index (χ4v) is 3.08. The predicted molar refractivity (Wildman–Crippen MR) is 83.6 cm³/mol. The van der Waals surface area contributed by atoms with Gasteiger partial charge in [0.05, 0.1) is 13.2 Å². The fourth-order valence-electron chi connectivity index (χ4n) is 3.08. The van der Waals surface area contributed by atoms with Crippen LogP contribution in [-0.4, -0.2) is 66.8 Å². The quantitative estimate of drug-likeness (QED) is 0.831. The number of nitrogens with one attached hydrogen (secondary N) is 1. The summed E-state index contributed by atoms with van der Waals surface area (Å²) in [6.07, 6.45) is 1.17. The molecule has 2 aliphatic rings. The van der Waals surface area contributed by atoms with Crippen molar-refractivity contribution in [2.75, 3.05) is 61.9 Å². The lowest BCUT2D eigenvalue weighted by atomic mass is 10.2. The van der Waals surface area contributed by atoms with Gasteiger partial charge in [0.1, 0.15) is 11.6 Å². The first-order valence-electron chi connectivity index (χ1n) is 7.71. The standard InChI is InChI=1S/C14H24N6O/c1-2-16-12-9-13(18-14(15)17-12)20-4-3-11(10-20)19-5-7-21-8-6-19/h9,11H,2-8,10H2,1H3,(H3,15,16,17,18). The van der Waals surface area contributed by atoms with E-state index < -0.39 is 0 Å². The summed E-state index contributed by atoms with van der Waals surface area (Å²) in [5, 5.41) is 3.20. The monoisotopic (exact) mass is 292 g/mol. The molecule has 0 bridgehead atoms. The van der Waals surface area contributed by atoms with E-state index >= 15 is 0 Å². The van der Waals surface area contributed by atoms with E-state index in [2.05, 4.69) is 25.1 Å². The van der Waals surface area contributed by atoms with E-state index in [1.807, 2.05) is 13.0 Å². The van der Waals surface area contributed by atoms with Gasteiger partial charge in [-0.2, -0.15) is 9.97 Å². The molecule has 3 rings (SSSR count). The van der Waals surface area contributed by atoms with E-state index in [4.69, 9.17) is 10.5 Å². The minimum atomic E-state index is 0.332. The van der Waals surface area contributed by atoms with Crippen LogP contribution in [0.15, 0.2) is 6.07 Å². The highest BCUT2D eigenvalue weighted by Gasteiger charge is 2.29. The maximum Gasteiger partial charge on any atom is 0.223 e. The van der Waals surface area contributed by atoms with Gasteiger partial charge >= 0.3 is 0 Å². The number of anilines is 3. The van der Waals surface area contributed by atoms with Crippen LogP contribution in [0.3, 0.4) is 0 Å². The molecule has 0 aliphatic carbocycles. The van der Waals surface area contributed by atoms with Crippen LogP contribution in [0.5, 0.6) is 0 Å². The summed E-state index contributed by atoms with van der Waals surface area (Å²) < 4.78 is 5.43. The van der Waals surface area contributed by atoms with Crippen LogP contribution in [0.2, 0.25) is 0 Å².